The van der Waals surface area contributed by atoms with Gasteiger partial charge >= 0.3 is 0 Å². The van der Waals surface area contributed by atoms with E-state index in [9.17, 15) is 4.79 Å². The summed E-state index contributed by atoms with van der Waals surface area (Å²) in [5, 5.41) is 5.99. The van der Waals surface area contributed by atoms with E-state index in [2.05, 4.69) is 10.6 Å². The van der Waals surface area contributed by atoms with Crippen molar-refractivity contribution in [2.24, 2.45) is 0 Å². The first kappa shape index (κ1) is 15.7. The number of carbonyl (C=O) groups is 1. The lowest BCUT2D eigenvalue weighted by Gasteiger charge is -2.23. The van der Waals surface area contributed by atoms with Crippen LogP contribution in [-0.2, 0) is 14.3 Å². The maximum Gasteiger partial charge on any atom is 0.239 e. The smallest absolute Gasteiger partial charge is 0.239 e. The molecular formula is C12H23ClN2O3. The minimum atomic E-state index is -0.199. The summed E-state index contributed by atoms with van der Waals surface area (Å²) < 4.78 is 10.9. The summed E-state index contributed by atoms with van der Waals surface area (Å²) in [6, 6.07) is -0.199. The lowest BCUT2D eigenvalue weighted by Crippen LogP contribution is -2.51. The van der Waals surface area contributed by atoms with Gasteiger partial charge in [-0.15, -0.1) is 12.4 Å². The molecule has 18 heavy (non-hydrogen) atoms. The van der Waals surface area contributed by atoms with Crippen LogP contribution in [0.4, 0.5) is 0 Å². The normalized spacial score (nSPS) is 24.6. The Kier molecular flexibility index (Phi) is 7.58. The summed E-state index contributed by atoms with van der Waals surface area (Å²) in [5.41, 5.74) is 0. The summed E-state index contributed by atoms with van der Waals surface area (Å²) in [6.07, 6.45) is 5.32. The van der Waals surface area contributed by atoms with E-state index in [4.69, 9.17) is 9.47 Å². The van der Waals surface area contributed by atoms with Crippen molar-refractivity contribution in [2.75, 3.05) is 32.9 Å². The Morgan fingerprint density at radius 3 is 2.83 bits per heavy atom. The van der Waals surface area contributed by atoms with Gasteiger partial charge in [-0.05, 0) is 12.8 Å². The van der Waals surface area contributed by atoms with Gasteiger partial charge in [0.2, 0.25) is 5.91 Å². The highest BCUT2D eigenvalue weighted by Gasteiger charge is 2.20. The van der Waals surface area contributed by atoms with E-state index in [1.54, 1.807) is 0 Å². The molecule has 0 aromatic heterocycles. The van der Waals surface area contributed by atoms with Crippen molar-refractivity contribution < 1.29 is 14.3 Å². The monoisotopic (exact) mass is 278 g/mol. The minimum Gasteiger partial charge on any atom is -0.378 e. The van der Waals surface area contributed by atoms with Gasteiger partial charge in [-0.1, -0.05) is 12.8 Å². The lowest BCUT2D eigenvalue weighted by atomic mass is 10.2. The molecule has 1 aliphatic carbocycles. The largest absolute Gasteiger partial charge is 0.378 e. The lowest BCUT2D eigenvalue weighted by molar-refractivity contribution is -0.126. The van der Waals surface area contributed by atoms with Crippen LogP contribution < -0.4 is 10.6 Å². The Bertz CT molecular complexity index is 241. The Balaban J connectivity index is 0.00000162. The van der Waals surface area contributed by atoms with E-state index in [-0.39, 0.29) is 24.4 Å². The van der Waals surface area contributed by atoms with Gasteiger partial charge in [0, 0.05) is 13.1 Å². The highest BCUT2D eigenvalue weighted by atomic mass is 35.5. The van der Waals surface area contributed by atoms with Crippen LogP contribution in [0.15, 0.2) is 0 Å². The van der Waals surface area contributed by atoms with E-state index in [0.717, 1.165) is 6.54 Å². The summed E-state index contributed by atoms with van der Waals surface area (Å²) >= 11 is 0. The van der Waals surface area contributed by atoms with Crippen LogP contribution in [0.2, 0.25) is 0 Å². The number of rotatable bonds is 5. The van der Waals surface area contributed by atoms with Gasteiger partial charge in [-0.3, -0.25) is 4.79 Å². The average molecular weight is 279 g/mol. The van der Waals surface area contributed by atoms with Crippen LogP contribution in [-0.4, -0.2) is 51.0 Å². The first-order valence-corrected chi connectivity index (χ1v) is 6.57. The number of carbonyl (C=O) groups excluding carboxylic acids is 1. The molecule has 2 rings (SSSR count). The van der Waals surface area contributed by atoms with E-state index >= 15 is 0 Å². The Morgan fingerprint density at radius 2 is 2.17 bits per heavy atom. The van der Waals surface area contributed by atoms with Gasteiger partial charge in [0.1, 0.15) is 6.04 Å². The predicted molar refractivity (Wildman–Crippen MR) is 71.1 cm³/mol. The van der Waals surface area contributed by atoms with Crippen molar-refractivity contribution >= 4 is 18.3 Å². The molecule has 1 amide bonds. The van der Waals surface area contributed by atoms with Crippen molar-refractivity contribution in [3.05, 3.63) is 0 Å². The number of morpholine rings is 1. The van der Waals surface area contributed by atoms with Gasteiger partial charge < -0.3 is 20.1 Å². The number of nitrogens with one attached hydrogen (secondary N) is 2. The molecule has 1 heterocycles. The van der Waals surface area contributed by atoms with Crippen molar-refractivity contribution in [2.45, 2.75) is 37.8 Å². The number of hydrogen-bond acceptors (Lipinski definition) is 4. The SMILES string of the molecule is Cl.O=C(NCCOC1CCCC1)C1COCCN1. The molecule has 1 aliphatic heterocycles. The quantitative estimate of drug-likeness (QED) is 0.718. The molecule has 2 fully saturated rings. The van der Waals surface area contributed by atoms with E-state index in [1.165, 1.54) is 25.7 Å². The van der Waals surface area contributed by atoms with Gasteiger partial charge in [0.15, 0.2) is 0 Å². The molecule has 2 N–H and O–H groups in total. The van der Waals surface area contributed by atoms with Crippen LogP contribution in [0.1, 0.15) is 25.7 Å². The highest BCUT2D eigenvalue weighted by molar-refractivity contribution is 5.85. The third-order valence-electron chi connectivity index (χ3n) is 3.30. The molecule has 0 radical (unpaired) electrons. The zero-order valence-corrected chi connectivity index (χ0v) is 11.5. The molecule has 5 nitrogen and oxygen atoms in total. The molecule has 1 unspecified atom stereocenters. The van der Waals surface area contributed by atoms with Crippen molar-refractivity contribution in [1.29, 1.82) is 0 Å². The first-order valence-electron chi connectivity index (χ1n) is 6.57. The maximum atomic E-state index is 11.7. The Labute approximate surface area is 114 Å². The number of hydrogen-bond donors (Lipinski definition) is 2. The zero-order chi connectivity index (χ0) is 11.9. The van der Waals surface area contributed by atoms with Crippen LogP contribution in [0.3, 0.4) is 0 Å². The second-order valence-electron chi connectivity index (χ2n) is 4.65. The molecule has 6 heteroatoms. The number of amides is 1. The van der Waals surface area contributed by atoms with Gasteiger partial charge in [-0.25, -0.2) is 0 Å². The topological polar surface area (TPSA) is 59.6 Å². The van der Waals surface area contributed by atoms with Crippen molar-refractivity contribution in [3.8, 4) is 0 Å². The van der Waals surface area contributed by atoms with Crippen molar-refractivity contribution in [3.63, 3.8) is 0 Å². The molecule has 0 aromatic carbocycles. The van der Waals surface area contributed by atoms with Crippen LogP contribution >= 0.6 is 12.4 Å². The third kappa shape index (κ3) is 5.10. The molecule has 1 saturated carbocycles. The second kappa shape index (κ2) is 8.69. The van der Waals surface area contributed by atoms with E-state index in [0.29, 0.717) is 32.5 Å². The molecular weight excluding hydrogens is 256 g/mol. The summed E-state index contributed by atoms with van der Waals surface area (Å²) in [4.78, 5) is 11.7. The summed E-state index contributed by atoms with van der Waals surface area (Å²) in [5.74, 6) is 0.0136. The zero-order valence-electron chi connectivity index (χ0n) is 10.7. The minimum absolute atomic E-state index is 0. The molecule has 2 aliphatic rings. The molecule has 0 aromatic rings. The van der Waals surface area contributed by atoms with Crippen molar-refractivity contribution in [1.82, 2.24) is 10.6 Å². The molecule has 0 bridgehead atoms. The summed E-state index contributed by atoms with van der Waals surface area (Å²) in [6.45, 7) is 3.11. The number of halogens is 1. The molecule has 1 atom stereocenters. The van der Waals surface area contributed by atoms with Crippen LogP contribution in [0.25, 0.3) is 0 Å². The maximum absolute atomic E-state index is 11.7. The standard InChI is InChI=1S/C12H22N2O3.ClH/c15-12(11-9-16-7-5-13-11)14-6-8-17-10-3-1-2-4-10;/h10-11,13H,1-9H2,(H,14,15);1H. The fraction of sp³-hybridized carbons (Fsp3) is 0.917. The molecule has 0 spiro atoms. The third-order valence-corrected chi connectivity index (χ3v) is 3.30. The van der Waals surface area contributed by atoms with Gasteiger partial charge in [0.25, 0.3) is 0 Å². The second-order valence-corrected chi connectivity index (χ2v) is 4.65. The van der Waals surface area contributed by atoms with Crippen LogP contribution in [0.5, 0.6) is 0 Å². The molecule has 106 valence electrons. The first-order chi connectivity index (χ1) is 8.36. The Morgan fingerprint density at radius 1 is 1.39 bits per heavy atom. The fourth-order valence-corrected chi connectivity index (χ4v) is 2.31. The van der Waals surface area contributed by atoms with Crippen LogP contribution in [0, 0.1) is 0 Å². The Hall–Kier alpha value is -0.360. The average Bonchev–Trinajstić information content (AvgIpc) is 2.88. The molecule has 1 saturated heterocycles. The van der Waals surface area contributed by atoms with Gasteiger partial charge in [-0.2, -0.15) is 0 Å². The van der Waals surface area contributed by atoms with E-state index in [1.807, 2.05) is 0 Å². The van der Waals surface area contributed by atoms with Gasteiger partial charge in [0.05, 0.1) is 25.9 Å². The van der Waals surface area contributed by atoms with E-state index < -0.39 is 0 Å². The highest BCUT2D eigenvalue weighted by Crippen LogP contribution is 2.20. The fourth-order valence-electron chi connectivity index (χ4n) is 2.31. The number of ether oxygens (including phenoxy) is 2. The summed E-state index contributed by atoms with van der Waals surface area (Å²) in [7, 11) is 0. The predicted octanol–water partition coefficient (Wildman–Crippen LogP) is 0.472.